The zero-order chi connectivity index (χ0) is 23.6. The number of ether oxygens (including phenoxy) is 1. The van der Waals surface area contributed by atoms with Crippen LogP contribution in [0.1, 0.15) is 5.56 Å². The Morgan fingerprint density at radius 1 is 1.03 bits per heavy atom. The van der Waals surface area contributed by atoms with Gasteiger partial charge in [-0.15, -0.1) is 11.3 Å². The van der Waals surface area contributed by atoms with Crippen LogP contribution < -0.4 is 10.2 Å². The molecule has 4 aromatic rings. The molecule has 2 N–H and O–H groups in total. The molecule has 1 aromatic carbocycles. The van der Waals surface area contributed by atoms with E-state index < -0.39 is 0 Å². The molecular weight excluding hydrogens is 458 g/mol. The highest BCUT2D eigenvalue weighted by Crippen LogP contribution is 2.33. The van der Waals surface area contributed by atoms with Crippen LogP contribution in [0.25, 0.3) is 21.6 Å². The lowest BCUT2D eigenvalue weighted by atomic mass is 10.2. The molecular formula is C26H31N7OS. The second-order valence-corrected chi connectivity index (χ2v) is 10.2. The van der Waals surface area contributed by atoms with Crippen molar-refractivity contribution in [2.75, 3.05) is 69.7 Å². The standard InChI is InChI=1S/C26H31N7OS/c1-31-7-9-33(10-8-31)21-4-2-3-20(16-21)28-26-29-24(22-5-6-27-25(22)30-26)23-15-19(18-35-23)17-32-11-13-34-14-12-32/h2-6,15-16,18H,7-14,17H2,1H3,(H2,27,28,29,30). The van der Waals surface area contributed by atoms with Crippen molar-refractivity contribution in [2.45, 2.75) is 6.54 Å². The molecule has 8 nitrogen and oxygen atoms in total. The molecule has 6 rings (SSSR count). The van der Waals surface area contributed by atoms with Crippen LogP contribution in [0, 0.1) is 0 Å². The van der Waals surface area contributed by atoms with Crippen LogP contribution in [0.5, 0.6) is 0 Å². The minimum atomic E-state index is 0.605. The van der Waals surface area contributed by atoms with E-state index in [2.05, 4.69) is 73.8 Å². The number of anilines is 3. The highest BCUT2D eigenvalue weighted by Gasteiger charge is 2.17. The van der Waals surface area contributed by atoms with Crippen LogP contribution in [-0.2, 0) is 11.3 Å². The van der Waals surface area contributed by atoms with E-state index in [-0.39, 0.29) is 0 Å². The summed E-state index contributed by atoms with van der Waals surface area (Å²) in [6, 6.07) is 12.9. The summed E-state index contributed by atoms with van der Waals surface area (Å²) in [6.45, 7) is 8.82. The highest BCUT2D eigenvalue weighted by molar-refractivity contribution is 7.13. The van der Waals surface area contributed by atoms with Gasteiger partial charge in [0.2, 0.25) is 5.95 Å². The first kappa shape index (κ1) is 22.5. The number of likely N-dealkylation sites (N-methyl/N-ethyl adjacent to an activating group) is 1. The van der Waals surface area contributed by atoms with Crippen molar-refractivity contribution in [3.05, 3.63) is 53.5 Å². The van der Waals surface area contributed by atoms with Crippen LogP contribution in [0.15, 0.2) is 48.0 Å². The number of H-pyrrole nitrogens is 1. The van der Waals surface area contributed by atoms with Crippen molar-refractivity contribution in [2.24, 2.45) is 0 Å². The fourth-order valence-electron chi connectivity index (χ4n) is 4.76. The number of hydrogen-bond acceptors (Lipinski definition) is 8. The van der Waals surface area contributed by atoms with E-state index >= 15 is 0 Å². The van der Waals surface area contributed by atoms with Gasteiger partial charge in [0.05, 0.1) is 23.8 Å². The Morgan fingerprint density at radius 3 is 2.74 bits per heavy atom. The van der Waals surface area contributed by atoms with E-state index in [1.807, 2.05) is 6.20 Å². The number of rotatable bonds is 6. The first-order valence-corrected chi connectivity index (χ1v) is 13.1. The number of morpholine rings is 1. The predicted octanol–water partition coefficient (Wildman–Crippen LogP) is 4.01. The number of aromatic nitrogens is 3. The van der Waals surface area contributed by atoms with Gasteiger partial charge in [0.1, 0.15) is 5.65 Å². The number of benzene rings is 1. The van der Waals surface area contributed by atoms with Crippen molar-refractivity contribution in [3.63, 3.8) is 0 Å². The molecule has 35 heavy (non-hydrogen) atoms. The second kappa shape index (κ2) is 9.94. The van der Waals surface area contributed by atoms with Gasteiger partial charge >= 0.3 is 0 Å². The molecule has 2 aliphatic heterocycles. The summed E-state index contributed by atoms with van der Waals surface area (Å²) in [5, 5.41) is 6.75. The molecule has 5 heterocycles. The summed E-state index contributed by atoms with van der Waals surface area (Å²) in [5.74, 6) is 0.605. The number of thiophene rings is 1. The summed E-state index contributed by atoms with van der Waals surface area (Å²) >= 11 is 1.75. The third-order valence-corrected chi connectivity index (χ3v) is 7.77. The lowest BCUT2D eigenvalue weighted by Crippen LogP contribution is -2.44. The maximum Gasteiger partial charge on any atom is 0.229 e. The van der Waals surface area contributed by atoms with Crippen molar-refractivity contribution in [1.29, 1.82) is 0 Å². The van der Waals surface area contributed by atoms with E-state index in [1.165, 1.54) is 11.3 Å². The Hall–Kier alpha value is -2.98. The Morgan fingerprint density at radius 2 is 1.89 bits per heavy atom. The molecule has 9 heteroatoms. The van der Waals surface area contributed by atoms with Gasteiger partial charge in [-0.25, -0.2) is 4.98 Å². The molecule has 0 saturated carbocycles. The van der Waals surface area contributed by atoms with E-state index in [0.29, 0.717) is 5.95 Å². The number of aromatic amines is 1. The summed E-state index contributed by atoms with van der Waals surface area (Å²) in [7, 11) is 2.18. The van der Waals surface area contributed by atoms with Crippen LogP contribution in [0.4, 0.5) is 17.3 Å². The fraction of sp³-hybridized carbons (Fsp3) is 0.385. The second-order valence-electron chi connectivity index (χ2n) is 9.31. The summed E-state index contributed by atoms with van der Waals surface area (Å²) < 4.78 is 5.49. The number of piperazine rings is 1. The molecule has 0 amide bonds. The summed E-state index contributed by atoms with van der Waals surface area (Å²) in [4.78, 5) is 21.4. The van der Waals surface area contributed by atoms with Crippen LogP contribution in [0.2, 0.25) is 0 Å². The molecule has 0 unspecified atom stereocenters. The number of nitrogens with zero attached hydrogens (tertiary/aromatic N) is 5. The lowest BCUT2D eigenvalue weighted by molar-refractivity contribution is 0.0342. The van der Waals surface area contributed by atoms with Crippen LogP contribution in [-0.4, -0.2) is 84.3 Å². The maximum absolute atomic E-state index is 5.49. The topological polar surface area (TPSA) is 72.6 Å². The Balaban J connectivity index is 1.24. The molecule has 0 spiro atoms. The first-order chi connectivity index (χ1) is 17.2. The van der Waals surface area contributed by atoms with Crippen molar-refractivity contribution in [3.8, 4) is 10.6 Å². The van der Waals surface area contributed by atoms with E-state index in [1.54, 1.807) is 11.3 Å². The van der Waals surface area contributed by atoms with Gasteiger partial charge in [-0.2, -0.15) is 4.98 Å². The molecule has 182 valence electrons. The molecule has 0 bridgehead atoms. The largest absolute Gasteiger partial charge is 0.379 e. The zero-order valence-corrected chi connectivity index (χ0v) is 20.9. The molecule has 0 atom stereocenters. The Bertz CT molecular complexity index is 1290. The molecule has 0 radical (unpaired) electrons. The maximum atomic E-state index is 5.49. The molecule has 3 aromatic heterocycles. The Kier molecular flexibility index (Phi) is 6.39. The monoisotopic (exact) mass is 489 g/mol. The SMILES string of the molecule is CN1CCN(c2cccc(Nc3nc(-c4cc(CN5CCOCC5)cs4)c4cc[nH]c4n3)c2)CC1. The minimum absolute atomic E-state index is 0.605. The van der Waals surface area contributed by atoms with Crippen molar-refractivity contribution < 1.29 is 4.74 Å². The van der Waals surface area contributed by atoms with E-state index in [0.717, 1.165) is 86.3 Å². The summed E-state index contributed by atoms with van der Waals surface area (Å²) in [6.07, 6.45) is 1.93. The van der Waals surface area contributed by atoms with Gasteiger partial charge in [0.25, 0.3) is 0 Å². The van der Waals surface area contributed by atoms with Crippen molar-refractivity contribution in [1.82, 2.24) is 24.8 Å². The third-order valence-electron chi connectivity index (χ3n) is 6.78. The first-order valence-electron chi connectivity index (χ1n) is 12.2. The minimum Gasteiger partial charge on any atom is -0.379 e. The molecule has 0 aliphatic carbocycles. The van der Waals surface area contributed by atoms with Gasteiger partial charge < -0.3 is 24.8 Å². The van der Waals surface area contributed by atoms with Gasteiger partial charge in [-0.05, 0) is 48.3 Å². The van der Waals surface area contributed by atoms with E-state index in [4.69, 9.17) is 14.7 Å². The average Bonchev–Trinajstić information content (AvgIpc) is 3.55. The number of hydrogen-bond donors (Lipinski definition) is 2. The van der Waals surface area contributed by atoms with Crippen molar-refractivity contribution >= 4 is 39.7 Å². The highest BCUT2D eigenvalue weighted by atomic mass is 32.1. The smallest absolute Gasteiger partial charge is 0.229 e. The molecule has 2 fully saturated rings. The third kappa shape index (κ3) is 5.04. The fourth-order valence-corrected chi connectivity index (χ4v) is 5.67. The number of nitrogens with one attached hydrogen (secondary N) is 2. The molecule has 2 aliphatic rings. The van der Waals surface area contributed by atoms with Crippen LogP contribution in [0.3, 0.4) is 0 Å². The molecule has 2 saturated heterocycles. The van der Waals surface area contributed by atoms with Gasteiger partial charge in [0, 0.05) is 68.8 Å². The quantitative estimate of drug-likeness (QED) is 0.424. The van der Waals surface area contributed by atoms with Crippen LogP contribution >= 0.6 is 11.3 Å². The van der Waals surface area contributed by atoms with Gasteiger partial charge in [-0.3, -0.25) is 4.90 Å². The van der Waals surface area contributed by atoms with Gasteiger partial charge in [0.15, 0.2) is 0 Å². The zero-order valence-electron chi connectivity index (χ0n) is 20.0. The Labute approximate surface area is 209 Å². The summed E-state index contributed by atoms with van der Waals surface area (Å²) in [5.41, 5.74) is 5.36. The van der Waals surface area contributed by atoms with E-state index in [9.17, 15) is 0 Å². The lowest BCUT2D eigenvalue weighted by Gasteiger charge is -2.34. The van der Waals surface area contributed by atoms with Gasteiger partial charge in [-0.1, -0.05) is 6.07 Å². The number of fused-ring (bicyclic) bond motifs is 1. The predicted molar refractivity (Wildman–Crippen MR) is 143 cm³/mol. The normalized spacial score (nSPS) is 17.8. The average molecular weight is 490 g/mol.